The van der Waals surface area contributed by atoms with Gasteiger partial charge in [-0.05, 0) is 47.7 Å². The monoisotopic (exact) mass is 601 g/mol. The van der Waals surface area contributed by atoms with E-state index in [0.717, 1.165) is 16.8 Å². The highest BCUT2D eigenvalue weighted by molar-refractivity contribution is 7.11. The second-order valence-corrected chi connectivity index (χ2v) is 12.1. The molecule has 3 aromatic rings. The molecular formula is C29H33Cl2N5O3S. The molecule has 0 radical (unpaired) electrons. The van der Waals surface area contributed by atoms with Crippen LogP contribution in [0.25, 0.3) is 0 Å². The molecule has 0 unspecified atom stereocenters. The van der Waals surface area contributed by atoms with Crippen LogP contribution in [0.15, 0.2) is 53.5 Å². The van der Waals surface area contributed by atoms with Crippen molar-refractivity contribution in [1.82, 2.24) is 19.7 Å². The van der Waals surface area contributed by atoms with Gasteiger partial charge in [0.05, 0.1) is 6.04 Å². The standard InChI is InChI=1S/C29H33Cl2N5O3S/c1-17(2)25-26(28(39)35-16-24(37)33-15-23(35)27(38)34(4)5)40-29(32-3)36(25)22(19-8-12-21(31)13-9-19)14-18-6-10-20(30)11-7-18/h6-13,17,22-23H,14-16H2,1-5H3,(H,33,37)/b32-29+/t22-,23-/m0/s1. The summed E-state index contributed by atoms with van der Waals surface area (Å²) in [4.78, 5) is 48.1. The Hall–Kier alpha value is -3.14. The molecule has 2 heterocycles. The molecule has 3 amide bonds. The van der Waals surface area contributed by atoms with Gasteiger partial charge >= 0.3 is 0 Å². The predicted molar refractivity (Wildman–Crippen MR) is 159 cm³/mol. The van der Waals surface area contributed by atoms with E-state index in [1.165, 1.54) is 21.1 Å². The van der Waals surface area contributed by atoms with E-state index >= 15 is 0 Å². The van der Waals surface area contributed by atoms with Crippen molar-refractivity contribution in [3.05, 3.63) is 85.1 Å². The van der Waals surface area contributed by atoms with Gasteiger partial charge in [-0.2, -0.15) is 0 Å². The zero-order chi connectivity index (χ0) is 29.1. The number of rotatable bonds is 7. The maximum Gasteiger partial charge on any atom is 0.267 e. The van der Waals surface area contributed by atoms with Gasteiger partial charge in [-0.15, -0.1) is 0 Å². The fraction of sp³-hybridized carbons (Fsp3) is 0.379. The van der Waals surface area contributed by atoms with Gasteiger partial charge in [-0.1, -0.05) is 72.7 Å². The van der Waals surface area contributed by atoms with Gasteiger partial charge in [0.1, 0.15) is 17.5 Å². The molecule has 2 aromatic carbocycles. The Bertz CT molecular complexity index is 1460. The Labute approximate surface area is 248 Å². The summed E-state index contributed by atoms with van der Waals surface area (Å²) in [6.45, 7) is 3.93. The number of aromatic nitrogens is 1. The third kappa shape index (κ3) is 6.27. The van der Waals surface area contributed by atoms with E-state index in [4.69, 9.17) is 23.2 Å². The molecule has 1 fully saturated rings. The van der Waals surface area contributed by atoms with Crippen molar-refractivity contribution in [3.8, 4) is 0 Å². The molecule has 1 saturated heterocycles. The van der Waals surface area contributed by atoms with Gasteiger partial charge < -0.3 is 19.7 Å². The first kappa shape index (κ1) is 29.8. The Kier molecular flexibility index (Phi) is 9.38. The van der Waals surface area contributed by atoms with E-state index in [2.05, 4.69) is 14.9 Å². The Morgan fingerprint density at radius 1 is 1.07 bits per heavy atom. The summed E-state index contributed by atoms with van der Waals surface area (Å²) in [6.07, 6.45) is 0.615. The number of carbonyl (C=O) groups excluding carboxylic acids is 3. The third-order valence-electron chi connectivity index (χ3n) is 6.90. The van der Waals surface area contributed by atoms with Crippen LogP contribution in [0.5, 0.6) is 0 Å². The van der Waals surface area contributed by atoms with Gasteiger partial charge in [-0.25, -0.2) is 0 Å². The lowest BCUT2D eigenvalue weighted by atomic mass is 9.97. The molecule has 0 spiro atoms. The Morgan fingerprint density at radius 3 is 2.23 bits per heavy atom. The highest BCUT2D eigenvalue weighted by Crippen LogP contribution is 2.32. The summed E-state index contributed by atoms with van der Waals surface area (Å²) >= 11 is 13.7. The summed E-state index contributed by atoms with van der Waals surface area (Å²) < 4.78 is 2.12. The lowest BCUT2D eigenvalue weighted by Crippen LogP contribution is -2.61. The molecule has 212 valence electrons. The SMILES string of the molecule is C/N=c1/sc(C(=O)N2CC(=O)NC[C@H]2C(=O)N(C)C)c(C(C)C)n1[C@@H](Cc1ccc(Cl)cc1)c1ccc(Cl)cc1. The van der Waals surface area contributed by atoms with Crippen LogP contribution < -0.4 is 10.1 Å². The van der Waals surface area contributed by atoms with Crippen LogP contribution in [-0.4, -0.2) is 72.4 Å². The van der Waals surface area contributed by atoms with E-state index < -0.39 is 6.04 Å². The van der Waals surface area contributed by atoms with Gasteiger partial charge in [0.25, 0.3) is 5.91 Å². The van der Waals surface area contributed by atoms with Crippen LogP contribution in [0.4, 0.5) is 0 Å². The number of piperazine rings is 1. The van der Waals surface area contributed by atoms with E-state index in [9.17, 15) is 14.4 Å². The third-order valence-corrected chi connectivity index (χ3v) is 8.56. The number of amides is 3. The number of halogens is 2. The summed E-state index contributed by atoms with van der Waals surface area (Å²) in [5, 5.41) is 4.01. The van der Waals surface area contributed by atoms with Crippen molar-refractivity contribution in [1.29, 1.82) is 0 Å². The number of thiazole rings is 1. The molecule has 0 saturated carbocycles. The average molecular weight is 603 g/mol. The van der Waals surface area contributed by atoms with Gasteiger partial charge in [0.15, 0.2) is 4.80 Å². The molecule has 2 atom stereocenters. The largest absolute Gasteiger partial charge is 0.352 e. The van der Waals surface area contributed by atoms with Crippen molar-refractivity contribution in [2.24, 2.45) is 4.99 Å². The zero-order valence-electron chi connectivity index (χ0n) is 23.1. The van der Waals surface area contributed by atoms with Crippen LogP contribution >= 0.6 is 34.5 Å². The average Bonchev–Trinajstić information content (AvgIpc) is 3.32. The highest BCUT2D eigenvalue weighted by atomic mass is 35.5. The second kappa shape index (κ2) is 12.6. The summed E-state index contributed by atoms with van der Waals surface area (Å²) in [5.41, 5.74) is 2.87. The van der Waals surface area contributed by atoms with Crippen molar-refractivity contribution in [3.63, 3.8) is 0 Å². The molecule has 0 bridgehead atoms. The van der Waals surface area contributed by atoms with E-state index in [1.807, 2.05) is 62.4 Å². The smallest absolute Gasteiger partial charge is 0.267 e. The van der Waals surface area contributed by atoms with Crippen LogP contribution in [0.3, 0.4) is 0 Å². The number of nitrogens with zero attached hydrogens (tertiary/aromatic N) is 4. The number of hydrogen-bond donors (Lipinski definition) is 1. The minimum Gasteiger partial charge on any atom is -0.352 e. The van der Waals surface area contributed by atoms with Gasteiger partial charge in [-0.3, -0.25) is 19.4 Å². The molecule has 1 aliphatic rings. The maximum absolute atomic E-state index is 14.2. The van der Waals surface area contributed by atoms with Crippen LogP contribution in [-0.2, 0) is 16.0 Å². The molecule has 40 heavy (non-hydrogen) atoms. The molecule has 1 aromatic heterocycles. The summed E-state index contributed by atoms with van der Waals surface area (Å²) in [7, 11) is 4.98. The molecule has 4 rings (SSSR count). The minimum atomic E-state index is -0.793. The summed E-state index contributed by atoms with van der Waals surface area (Å²) in [5.74, 6) is -0.957. The number of likely N-dealkylation sites (N-methyl/N-ethyl adjacent to an activating group) is 1. The van der Waals surface area contributed by atoms with E-state index in [-0.39, 0.29) is 42.8 Å². The van der Waals surface area contributed by atoms with Crippen molar-refractivity contribution >= 4 is 52.3 Å². The predicted octanol–water partition coefficient (Wildman–Crippen LogP) is 4.37. The van der Waals surface area contributed by atoms with Crippen molar-refractivity contribution in [2.45, 2.75) is 38.3 Å². The van der Waals surface area contributed by atoms with Gasteiger partial charge in [0, 0.05) is 43.4 Å². The Balaban J connectivity index is 1.88. The minimum absolute atomic E-state index is 0.0627. The first-order valence-electron chi connectivity index (χ1n) is 13.0. The maximum atomic E-state index is 14.2. The van der Waals surface area contributed by atoms with Crippen LogP contribution in [0.2, 0.25) is 10.0 Å². The number of benzene rings is 2. The number of hydrogen-bond acceptors (Lipinski definition) is 5. The number of carbonyl (C=O) groups is 3. The topological polar surface area (TPSA) is 87.0 Å². The van der Waals surface area contributed by atoms with Crippen LogP contribution in [0, 0.1) is 0 Å². The normalized spacial score (nSPS) is 16.7. The van der Waals surface area contributed by atoms with Crippen molar-refractivity contribution < 1.29 is 14.4 Å². The van der Waals surface area contributed by atoms with E-state index in [1.54, 1.807) is 21.1 Å². The quantitative estimate of drug-likeness (QED) is 0.436. The number of nitrogens with one attached hydrogen (secondary N) is 1. The molecule has 1 aliphatic heterocycles. The fourth-order valence-electron chi connectivity index (χ4n) is 4.94. The Morgan fingerprint density at radius 2 is 1.68 bits per heavy atom. The van der Waals surface area contributed by atoms with Crippen LogP contribution in [0.1, 0.15) is 52.3 Å². The molecule has 8 nitrogen and oxygen atoms in total. The lowest BCUT2D eigenvalue weighted by molar-refractivity contribution is -0.137. The molecular weight excluding hydrogens is 569 g/mol. The first-order valence-corrected chi connectivity index (χ1v) is 14.6. The first-order chi connectivity index (χ1) is 19.0. The zero-order valence-corrected chi connectivity index (χ0v) is 25.5. The molecule has 11 heteroatoms. The second-order valence-electron chi connectivity index (χ2n) is 10.2. The molecule has 1 N–H and O–H groups in total. The fourth-order valence-corrected chi connectivity index (χ4v) is 6.44. The molecule has 0 aliphatic carbocycles. The highest BCUT2D eigenvalue weighted by Gasteiger charge is 2.39. The van der Waals surface area contributed by atoms with Gasteiger partial charge in [0.2, 0.25) is 11.8 Å². The van der Waals surface area contributed by atoms with E-state index in [0.29, 0.717) is 26.1 Å². The van der Waals surface area contributed by atoms with Crippen molar-refractivity contribution in [2.75, 3.05) is 34.2 Å². The lowest BCUT2D eigenvalue weighted by Gasteiger charge is -2.35. The summed E-state index contributed by atoms with van der Waals surface area (Å²) in [6, 6.07) is 14.4.